The lowest BCUT2D eigenvalue weighted by molar-refractivity contribution is -0.121. The number of nitrogens with one attached hydrogen (secondary N) is 1. The maximum atomic E-state index is 12.1. The minimum absolute atomic E-state index is 0.172. The van der Waals surface area contributed by atoms with Crippen molar-refractivity contribution in [2.75, 3.05) is 5.32 Å². The van der Waals surface area contributed by atoms with Crippen molar-refractivity contribution >= 4 is 11.7 Å². The van der Waals surface area contributed by atoms with Crippen LogP contribution >= 0.6 is 0 Å². The molecule has 3 atom stereocenters. The summed E-state index contributed by atoms with van der Waals surface area (Å²) in [5, 5.41) is 2.92. The van der Waals surface area contributed by atoms with E-state index in [0.717, 1.165) is 12.3 Å². The number of nitrogens with zero attached hydrogens (tertiary/aromatic N) is 1. The van der Waals surface area contributed by atoms with E-state index in [2.05, 4.69) is 10.3 Å². The van der Waals surface area contributed by atoms with Crippen molar-refractivity contribution in [3.8, 4) is 0 Å². The van der Waals surface area contributed by atoms with Crippen LogP contribution in [-0.2, 0) is 4.79 Å². The van der Waals surface area contributed by atoms with E-state index in [1.165, 1.54) is 19.3 Å². The van der Waals surface area contributed by atoms with Gasteiger partial charge < -0.3 is 5.32 Å². The zero-order valence-electron chi connectivity index (χ0n) is 9.23. The van der Waals surface area contributed by atoms with Crippen molar-refractivity contribution in [2.45, 2.75) is 25.7 Å². The molecule has 0 aromatic carbocycles. The first-order chi connectivity index (χ1) is 7.83. The van der Waals surface area contributed by atoms with Crippen molar-refractivity contribution < 1.29 is 4.79 Å². The van der Waals surface area contributed by atoms with Crippen molar-refractivity contribution in [1.82, 2.24) is 4.98 Å². The van der Waals surface area contributed by atoms with E-state index in [1.807, 2.05) is 18.2 Å². The predicted octanol–water partition coefficient (Wildman–Crippen LogP) is 2.46. The third-order valence-electron chi connectivity index (χ3n) is 3.99. The van der Waals surface area contributed by atoms with Gasteiger partial charge in [-0.1, -0.05) is 12.5 Å². The average Bonchev–Trinajstić information content (AvgIpc) is 2.92. The standard InChI is InChI=1S/C13H16N2O/c16-13(15-12-3-1-2-6-14-12)11-8-9-4-5-10(11)7-9/h1-3,6,9-11H,4-5,7-8H2,(H,14,15,16)/t9-,10-,11-/m1/s1. The number of hydrogen-bond donors (Lipinski definition) is 1. The van der Waals surface area contributed by atoms with Crippen LogP contribution in [0.4, 0.5) is 5.82 Å². The van der Waals surface area contributed by atoms with Gasteiger partial charge in [-0.2, -0.15) is 0 Å². The van der Waals surface area contributed by atoms with Gasteiger partial charge in [0.25, 0.3) is 0 Å². The van der Waals surface area contributed by atoms with Gasteiger partial charge in [-0.05, 0) is 43.2 Å². The second kappa shape index (κ2) is 3.89. The molecule has 2 fully saturated rings. The van der Waals surface area contributed by atoms with Crippen LogP contribution in [0.5, 0.6) is 0 Å². The third kappa shape index (κ3) is 1.70. The highest BCUT2D eigenvalue weighted by atomic mass is 16.2. The smallest absolute Gasteiger partial charge is 0.228 e. The molecule has 16 heavy (non-hydrogen) atoms. The molecular weight excluding hydrogens is 200 g/mol. The summed E-state index contributed by atoms with van der Waals surface area (Å²) in [6, 6.07) is 5.59. The predicted molar refractivity (Wildman–Crippen MR) is 61.8 cm³/mol. The van der Waals surface area contributed by atoms with E-state index in [0.29, 0.717) is 11.7 Å². The van der Waals surface area contributed by atoms with E-state index >= 15 is 0 Å². The minimum atomic E-state index is 0.172. The highest BCUT2D eigenvalue weighted by Crippen LogP contribution is 2.48. The van der Waals surface area contributed by atoms with Gasteiger partial charge in [-0.25, -0.2) is 4.98 Å². The molecule has 0 spiro atoms. The molecular formula is C13H16N2O. The molecule has 1 aromatic heterocycles. The van der Waals surface area contributed by atoms with Crippen LogP contribution < -0.4 is 5.32 Å². The van der Waals surface area contributed by atoms with Gasteiger partial charge in [0.2, 0.25) is 5.91 Å². The maximum absolute atomic E-state index is 12.1. The fourth-order valence-corrected chi connectivity index (χ4v) is 3.22. The summed E-state index contributed by atoms with van der Waals surface area (Å²) in [6.45, 7) is 0. The number of carbonyl (C=O) groups excluding carboxylic acids is 1. The molecule has 2 aliphatic rings. The molecule has 2 bridgehead atoms. The van der Waals surface area contributed by atoms with Crippen molar-refractivity contribution in [2.24, 2.45) is 17.8 Å². The van der Waals surface area contributed by atoms with Gasteiger partial charge in [-0.3, -0.25) is 4.79 Å². The summed E-state index contributed by atoms with van der Waals surface area (Å²) >= 11 is 0. The lowest BCUT2D eigenvalue weighted by atomic mass is 9.88. The molecule has 1 aromatic rings. The highest BCUT2D eigenvalue weighted by Gasteiger charge is 2.43. The number of hydrogen-bond acceptors (Lipinski definition) is 2. The Labute approximate surface area is 95.3 Å². The first-order valence-corrected chi connectivity index (χ1v) is 6.05. The fourth-order valence-electron chi connectivity index (χ4n) is 3.22. The highest BCUT2D eigenvalue weighted by molar-refractivity contribution is 5.92. The number of pyridine rings is 1. The molecule has 2 aliphatic carbocycles. The lowest BCUT2D eigenvalue weighted by Crippen LogP contribution is -2.27. The molecule has 3 heteroatoms. The summed E-state index contributed by atoms with van der Waals surface area (Å²) in [5.41, 5.74) is 0. The molecule has 2 saturated carbocycles. The molecule has 0 aliphatic heterocycles. The summed E-state index contributed by atoms with van der Waals surface area (Å²) < 4.78 is 0. The zero-order chi connectivity index (χ0) is 11.0. The van der Waals surface area contributed by atoms with Gasteiger partial charge >= 0.3 is 0 Å². The summed E-state index contributed by atoms with van der Waals surface area (Å²) in [7, 11) is 0. The number of amides is 1. The molecule has 84 valence electrons. The molecule has 0 unspecified atom stereocenters. The lowest BCUT2D eigenvalue weighted by Gasteiger charge is -2.20. The van der Waals surface area contributed by atoms with Gasteiger partial charge in [0.1, 0.15) is 5.82 Å². The van der Waals surface area contributed by atoms with Crippen molar-refractivity contribution in [1.29, 1.82) is 0 Å². The van der Waals surface area contributed by atoms with Crippen LogP contribution in [-0.4, -0.2) is 10.9 Å². The number of anilines is 1. The Hall–Kier alpha value is -1.38. The third-order valence-corrected chi connectivity index (χ3v) is 3.99. The van der Waals surface area contributed by atoms with Crippen LogP contribution in [0.2, 0.25) is 0 Å². The van der Waals surface area contributed by atoms with E-state index in [-0.39, 0.29) is 11.8 Å². The summed E-state index contributed by atoms with van der Waals surface area (Å²) in [4.78, 5) is 16.2. The normalized spacial score (nSPS) is 31.6. The van der Waals surface area contributed by atoms with Crippen LogP contribution in [0, 0.1) is 17.8 Å². The Morgan fingerprint density at radius 2 is 2.25 bits per heavy atom. The summed E-state index contributed by atoms with van der Waals surface area (Å²) in [5.74, 6) is 2.53. The first-order valence-electron chi connectivity index (χ1n) is 6.05. The molecule has 3 rings (SSSR count). The number of fused-ring (bicyclic) bond motifs is 2. The minimum Gasteiger partial charge on any atom is -0.310 e. The van der Waals surface area contributed by atoms with Gasteiger partial charge in [0, 0.05) is 12.1 Å². The van der Waals surface area contributed by atoms with Crippen LogP contribution in [0.25, 0.3) is 0 Å². The van der Waals surface area contributed by atoms with Crippen LogP contribution in [0.3, 0.4) is 0 Å². The molecule has 1 amide bonds. The Morgan fingerprint density at radius 1 is 1.31 bits per heavy atom. The molecule has 3 nitrogen and oxygen atoms in total. The second-order valence-electron chi connectivity index (χ2n) is 4.99. The quantitative estimate of drug-likeness (QED) is 0.825. The Bertz CT molecular complexity index is 390. The van der Waals surface area contributed by atoms with Gasteiger partial charge in [0.05, 0.1) is 0 Å². The monoisotopic (exact) mass is 216 g/mol. The molecule has 0 saturated heterocycles. The van der Waals surface area contributed by atoms with E-state index in [9.17, 15) is 4.79 Å². The SMILES string of the molecule is O=C(Nc1ccccn1)[C@@H]1C[C@@H]2CC[C@@H]1C2. The van der Waals surface area contributed by atoms with Gasteiger partial charge in [-0.15, -0.1) is 0 Å². The van der Waals surface area contributed by atoms with Gasteiger partial charge in [0.15, 0.2) is 0 Å². The Kier molecular flexibility index (Phi) is 2.39. The van der Waals surface area contributed by atoms with Crippen LogP contribution in [0.1, 0.15) is 25.7 Å². The van der Waals surface area contributed by atoms with E-state index in [1.54, 1.807) is 6.20 Å². The summed E-state index contributed by atoms with van der Waals surface area (Å²) in [6.07, 6.45) is 6.63. The second-order valence-corrected chi connectivity index (χ2v) is 4.99. The zero-order valence-corrected chi connectivity index (χ0v) is 9.23. The number of carbonyl (C=O) groups is 1. The molecule has 1 N–H and O–H groups in total. The number of aromatic nitrogens is 1. The molecule has 0 radical (unpaired) electrons. The number of rotatable bonds is 2. The van der Waals surface area contributed by atoms with E-state index < -0.39 is 0 Å². The Balaban J connectivity index is 1.66. The average molecular weight is 216 g/mol. The maximum Gasteiger partial charge on any atom is 0.228 e. The first kappa shape index (κ1) is 9.82. The van der Waals surface area contributed by atoms with Crippen molar-refractivity contribution in [3.05, 3.63) is 24.4 Å². The molecule has 1 heterocycles. The fraction of sp³-hybridized carbons (Fsp3) is 0.538. The van der Waals surface area contributed by atoms with E-state index in [4.69, 9.17) is 0 Å². The largest absolute Gasteiger partial charge is 0.310 e. The topological polar surface area (TPSA) is 42.0 Å². The van der Waals surface area contributed by atoms with Crippen molar-refractivity contribution in [3.63, 3.8) is 0 Å². The van der Waals surface area contributed by atoms with Crippen LogP contribution in [0.15, 0.2) is 24.4 Å². The Morgan fingerprint density at radius 3 is 2.88 bits per heavy atom.